The average Bonchev–Trinajstić information content (AvgIpc) is 3.37. The van der Waals surface area contributed by atoms with Crippen molar-refractivity contribution in [1.82, 2.24) is 9.47 Å². The van der Waals surface area contributed by atoms with Crippen LogP contribution in [-0.2, 0) is 13.0 Å². The fourth-order valence-corrected chi connectivity index (χ4v) is 8.82. The van der Waals surface area contributed by atoms with E-state index in [1.807, 2.05) is 18.2 Å². The third-order valence-corrected chi connectivity index (χ3v) is 11.1. The summed E-state index contributed by atoms with van der Waals surface area (Å²) in [5.74, 6) is -0.169. The Morgan fingerprint density at radius 3 is 2.60 bits per heavy atom. The van der Waals surface area contributed by atoms with E-state index in [-0.39, 0.29) is 17.9 Å². The third-order valence-electron chi connectivity index (χ3n) is 11.1. The SMILES string of the molecule is N#CC1=C(c2cccc(-n3c4c(c5ccccc53)CC(C#N)C=C4)c2)C(C2C=CC=CC2N2Cc3cc(C#N)ccc3C3=C2C=CCC3)=CCC=C1. The Morgan fingerprint density at radius 1 is 0.808 bits per heavy atom. The first kappa shape index (κ1) is 31.4. The van der Waals surface area contributed by atoms with Crippen LogP contribution in [0.3, 0.4) is 0 Å². The lowest BCUT2D eigenvalue weighted by Gasteiger charge is -2.43. The molecule has 2 heterocycles. The van der Waals surface area contributed by atoms with Crippen LogP contribution in [-0.4, -0.2) is 15.5 Å². The molecule has 0 spiro atoms. The second-order valence-electron chi connectivity index (χ2n) is 14.0. The number of para-hydroxylation sites is 1. The minimum Gasteiger partial charge on any atom is -0.360 e. The zero-order valence-corrected chi connectivity index (χ0v) is 28.7. The van der Waals surface area contributed by atoms with Gasteiger partial charge in [0, 0.05) is 40.5 Å². The van der Waals surface area contributed by atoms with Gasteiger partial charge >= 0.3 is 0 Å². The van der Waals surface area contributed by atoms with Gasteiger partial charge in [0.25, 0.3) is 0 Å². The molecule has 1 aliphatic heterocycles. The maximum atomic E-state index is 10.7. The van der Waals surface area contributed by atoms with Gasteiger partial charge in [0.1, 0.15) is 0 Å². The van der Waals surface area contributed by atoms with Crippen LogP contribution in [0.4, 0.5) is 0 Å². The molecule has 4 aliphatic carbocycles. The first-order valence-corrected chi connectivity index (χ1v) is 18.0. The number of nitrogens with zero attached hydrogens (tertiary/aromatic N) is 5. The van der Waals surface area contributed by atoms with Crippen molar-refractivity contribution < 1.29 is 0 Å². The Hall–Kier alpha value is -6.61. The molecule has 0 bridgehead atoms. The van der Waals surface area contributed by atoms with E-state index >= 15 is 0 Å². The molecule has 1 aromatic heterocycles. The molecule has 5 nitrogen and oxygen atoms in total. The largest absolute Gasteiger partial charge is 0.360 e. The van der Waals surface area contributed by atoms with E-state index in [4.69, 9.17) is 0 Å². The van der Waals surface area contributed by atoms with E-state index in [1.54, 1.807) is 0 Å². The average molecular weight is 670 g/mol. The number of benzene rings is 3. The summed E-state index contributed by atoms with van der Waals surface area (Å²) in [4.78, 5) is 2.51. The molecule has 9 rings (SSSR count). The molecule has 0 saturated carbocycles. The Bertz CT molecular complexity index is 2560. The minimum atomic E-state index is -0.143. The lowest BCUT2D eigenvalue weighted by atomic mass is 9.78. The van der Waals surface area contributed by atoms with Gasteiger partial charge in [-0.15, -0.1) is 0 Å². The summed E-state index contributed by atoms with van der Waals surface area (Å²) in [6, 6.07) is 30.5. The topological polar surface area (TPSA) is 79.5 Å². The van der Waals surface area contributed by atoms with Crippen molar-refractivity contribution in [2.45, 2.75) is 38.3 Å². The van der Waals surface area contributed by atoms with Crippen molar-refractivity contribution in [1.29, 1.82) is 15.8 Å². The number of fused-ring (bicyclic) bond motifs is 5. The normalized spacial score (nSPS) is 21.5. The molecular weight excluding hydrogens is 635 g/mol. The quantitative estimate of drug-likeness (QED) is 0.217. The first-order chi connectivity index (χ1) is 25.7. The Morgan fingerprint density at radius 2 is 1.71 bits per heavy atom. The van der Waals surface area contributed by atoms with E-state index < -0.39 is 0 Å². The van der Waals surface area contributed by atoms with Gasteiger partial charge in [-0.2, -0.15) is 15.8 Å². The van der Waals surface area contributed by atoms with Crippen LogP contribution in [0, 0.1) is 45.8 Å². The molecule has 52 heavy (non-hydrogen) atoms. The molecule has 3 aromatic carbocycles. The number of nitriles is 3. The second-order valence-corrected chi connectivity index (χ2v) is 14.0. The second kappa shape index (κ2) is 12.9. The minimum absolute atomic E-state index is 0.00209. The van der Waals surface area contributed by atoms with E-state index in [9.17, 15) is 15.8 Å². The van der Waals surface area contributed by atoms with Crippen molar-refractivity contribution >= 4 is 28.1 Å². The van der Waals surface area contributed by atoms with Gasteiger partial charge in [-0.3, -0.25) is 0 Å². The summed E-state index contributed by atoms with van der Waals surface area (Å²) < 4.78 is 2.30. The van der Waals surface area contributed by atoms with Crippen LogP contribution in [0.15, 0.2) is 144 Å². The molecule has 0 N–H and O–H groups in total. The Balaban J connectivity index is 1.16. The summed E-state index contributed by atoms with van der Waals surface area (Å²) in [5.41, 5.74) is 13.9. The molecule has 248 valence electrons. The zero-order valence-electron chi connectivity index (χ0n) is 28.7. The highest BCUT2D eigenvalue weighted by molar-refractivity contribution is 5.92. The molecular formula is C47H35N5. The predicted molar refractivity (Wildman–Crippen MR) is 207 cm³/mol. The van der Waals surface area contributed by atoms with Gasteiger partial charge in [-0.1, -0.05) is 85.0 Å². The Labute approximate surface area is 304 Å². The van der Waals surface area contributed by atoms with Gasteiger partial charge in [-0.25, -0.2) is 0 Å². The fourth-order valence-electron chi connectivity index (χ4n) is 8.82. The molecule has 5 aliphatic rings. The number of aromatic nitrogens is 1. The molecule has 3 atom stereocenters. The van der Waals surface area contributed by atoms with E-state index in [0.717, 1.165) is 52.9 Å². The number of allylic oxidation sites excluding steroid dienone is 11. The van der Waals surface area contributed by atoms with Crippen LogP contribution in [0.2, 0.25) is 0 Å². The first-order valence-electron chi connectivity index (χ1n) is 18.0. The van der Waals surface area contributed by atoms with E-state index in [0.29, 0.717) is 24.1 Å². The zero-order chi connectivity index (χ0) is 35.2. The van der Waals surface area contributed by atoms with Crippen LogP contribution >= 0.6 is 0 Å². The lowest BCUT2D eigenvalue weighted by molar-refractivity contribution is 0.257. The monoisotopic (exact) mass is 669 g/mol. The number of hydrogen-bond acceptors (Lipinski definition) is 4. The van der Waals surface area contributed by atoms with Crippen molar-refractivity contribution in [3.05, 3.63) is 178 Å². The number of rotatable bonds is 4. The van der Waals surface area contributed by atoms with Crippen LogP contribution < -0.4 is 0 Å². The fraction of sp³-hybridized carbons (Fsp3) is 0.170. The van der Waals surface area contributed by atoms with Gasteiger partial charge in [0.15, 0.2) is 0 Å². The molecule has 0 fully saturated rings. The maximum Gasteiger partial charge on any atom is 0.0998 e. The smallest absolute Gasteiger partial charge is 0.0998 e. The lowest BCUT2D eigenvalue weighted by Crippen LogP contribution is -2.41. The van der Waals surface area contributed by atoms with Crippen LogP contribution in [0.25, 0.3) is 33.8 Å². The summed E-state index contributed by atoms with van der Waals surface area (Å²) >= 11 is 0. The molecule has 0 radical (unpaired) electrons. The van der Waals surface area contributed by atoms with Crippen molar-refractivity contribution in [2.24, 2.45) is 11.8 Å². The van der Waals surface area contributed by atoms with Crippen LogP contribution in [0.1, 0.15) is 52.8 Å². The standard InChI is InChI=1S/C47H35N5/c48-27-31-20-22-37-35(24-31)30-51(43-17-6-3-13-38(37)43)44-18-7-4-14-39(44)41-16-2-1-10-34(29-50)47(41)33-11-9-12-36(26-33)52-45-19-8-5-15-40(45)42-25-32(28-49)21-23-46(42)52/h1,4-12,14-24,26,32,39,44H,2-3,13,25,30H2. The van der Waals surface area contributed by atoms with Gasteiger partial charge in [0.2, 0.25) is 0 Å². The van der Waals surface area contributed by atoms with E-state index in [2.05, 4.69) is 143 Å². The highest BCUT2D eigenvalue weighted by atomic mass is 15.2. The molecule has 3 unspecified atom stereocenters. The van der Waals surface area contributed by atoms with Gasteiger partial charge in [-0.05, 0) is 108 Å². The highest BCUT2D eigenvalue weighted by Gasteiger charge is 2.36. The summed E-state index contributed by atoms with van der Waals surface area (Å²) in [6.45, 7) is 0.699. The van der Waals surface area contributed by atoms with Crippen molar-refractivity contribution in [3.8, 4) is 23.9 Å². The highest BCUT2D eigenvalue weighted by Crippen LogP contribution is 2.45. The number of hydrogen-bond donors (Lipinski definition) is 0. The summed E-state index contributed by atoms with van der Waals surface area (Å²) in [6.07, 6.45) is 27.3. The van der Waals surface area contributed by atoms with Crippen molar-refractivity contribution in [3.63, 3.8) is 0 Å². The van der Waals surface area contributed by atoms with E-state index in [1.165, 1.54) is 33.3 Å². The Kier molecular flexibility index (Phi) is 7.80. The van der Waals surface area contributed by atoms with Gasteiger partial charge < -0.3 is 9.47 Å². The maximum absolute atomic E-state index is 10.7. The molecule has 4 aromatic rings. The summed E-state index contributed by atoms with van der Waals surface area (Å²) in [7, 11) is 0. The van der Waals surface area contributed by atoms with Crippen molar-refractivity contribution in [2.75, 3.05) is 0 Å². The third kappa shape index (κ3) is 5.12. The van der Waals surface area contributed by atoms with Gasteiger partial charge in [0.05, 0.1) is 46.8 Å². The van der Waals surface area contributed by atoms with Crippen LogP contribution in [0.5, 0.6) is 0 Å². The molecule has 0 amide bonds. The molecule has 5 heteroatoms. The molecule has 0 saturated heterocycles. The summed E-state index contributed by atoms with van der Waals surface area (Å²) in [5, 5.41) is 31.3. The predicted octanol–water partition coefficient (Wildman–Crippen LogP) is 10.1.